The summed E-state index contributed by atoms with van der Waals surface area (Å²) >= 11 is 0. The topological polar surface area (TPSA) is 230 Å². The van der Waals surface area contributed by atoms with Crippen LogP contribution < -0.4 is 9.47 Å². The first-order valence-electron chi connectivity index (χ1n) is 22.2. The zero-order valence-electron chi connectivity index (χ0n) is 36.3. The minimum Gasteiger partial charge on any atom is -0.508 e. The van der Waals surface area contributed by atoms with Gasteiger partial charge in [0.05, 0.1) is 24.0 Å². The van der Waals surface area contributed by atoms with E-state index < -0.39 is 48.1 Å². The van der Waals surface area contributed by atoms with Crippen molar-refractivity contribution in [2.45, 2.75) is 48.1 Å². The van der Waals surface area contributed by atoms with Gasteiger partial charge in [-0.3, -0.25) is 0 Å². The third kappa shape index (κ3) is 7.68. The Bertz CT molecular complexity index is 3200. The molecule has 3 aliphatic heterocycles. The van der Waals surface area contributed by atoms with Crippen molar-refractivity contribution in [3.8, 4) is 69.0 Å². The fourth-order valence-electron chi connectivity index (χ4n) is 10.7. The highest BCUT2D eigenvalue weighted by atomic mass is 16.5. The average molecular weight is 925 g/mol. The van der Waals surface area contributed by atoms with Crippen molar-refractivity contribution in [3.63, 3.8) is 0 Å². The van der Waals surface area contributed by atoms with E-state index in [4.69, 9.17) is 14.2 Å². The predicted octanol–water partition coefficient (Wildman–Crippen LogP) is 10.7. The normalized spacial score (nSPS) is 22.4. The SMILES string of the molecule is Oc1ccc([C@H]2Oc3cc(O)cc([C@@H]4[C@H](c5cc(O)cc(O)c5)[C@@H](c5ccc(O)cc5)O[C@H]4c4ccc(O)cc4)c3[C@@H]2c2cc(O)c3c(c2)[C@@H](c2cc(O)cc(O)c2)[C@H](c2ccc(O)cc2)O3)cc1. The maximum Gasteiger partial charge on any atom is 0.165 e. The van der Waals surface area contributed by atoms with Crippen molar-refractivity contribution in [1.82, 2.24) is 0 Å². The van der Waals surface area contributed by atoms with Gasteiger partial charge in [0.25, 0.3) is 0 Å². The first-order chi connectivity index (χ1) is 33.3. The van der Waals surface area contributed by atoms with Gasteiger partial charge in [-0.1, -0.05) is 54.6 Å². The van der Waals surface area contributed by atoms with Gasteiger partial charge in [-0.2, -0.15) is 0 Å². The van der Waals surface area contributed by atoms with Crippen LogP contribution in [0.25, 0.3) is 0 Å². The van der Waals surface area contributed by atoms with Gasteiger partial charge in [0.1, 0.15) is 69.7 Å². The predicted molar refractivity (Wildman–Crippen MR) is 251 cm³/mol. The molecule has 1 saturated heterocycles. The summed E-state index contributed by atoms with van der Waals surface area (Å²) in [7, 11) is 0. The fraction of sp³-hybridized carbons (Fsp3) is 0.143. The second-order valence-corrected chi connectivity index (χ2v) is 17.9. The maximum atomic E-state index is 12.2. The molecule has 0 aromatic heterocycles. The van der Waals surface area contributed by atoms with Gasteiger partial charge in [-0.15, -0.1) is 0 Å². The Morgan fingerprint density at radius 1 is 0.290 bits per heavy atom. The second-order valence-electron chi connectivity index (χ2n) is 17.9. The van der Waals surface area contributed by atoms with Crippen molar-refractivity contribution < 1.29 is 65.3 Å². The fourth-order valence-corrected chi connectivity index (χ4v) is 10.7. The molecule has 0 aliphatic carbocycles. The lowest BCUT2D eigenvalue weighted by Gasteiger charge is -2.29. The molecule has 0 amide bonds. The summed E-state index contributed by atoms with van der Waals surface area (Å²) < 4.78 is 20.6. The molecule has 8 atom stereocenters. The minimum absolute atomic E-state index is 0.0197. The molecule has 11 rings (SSSR count). The van der Waals surface area contributed by atoms with Crippen LogP contribution in [-0.2, 0) is 4.74 Å². The lowest BCUT2D eigenvalue weighted by atomic mass is 9.71. The number of ether oxygens (including phenoxy) is 3. The summed E-state index contributed by atoms with van der Waals surface area (Å²) in [5.74, 6) is -3.57. The van der Waals surface area contributed by atoms with Gasteiger partial charge >= 0.3 is 0 Å². The smallest absolute Gasteiger partial charge is 0.165 e. The van der Waals surface area contributed by atoms with Gasteiger partial charge in [-0.05, 0) is 129 Å². The Morgan fingerprint density at radius 2 is 0.696 bits per heavy atom. The molecule has 13 nitrogen and oxygen atoms in total. The van der Waals surface area contributed by atoms with E-state index in [0.29, 0.717) is 61.4 Å². The Labute approximate surface area is 394 Å². The van der Waals surface area contributed by atoms with E-state index in [-0.39, 0.29) is 63.2 Å². The van der Waals surface area contributed by atoms with Crippen molar-refractivity contribution >= 4 is 0 Å². The van der Waals surface area contributed by atoms with Gasteiger partial charge in [0.15, 0.2) is 11.5 Å². The van der Waals surface area contributed by atoms with Gasteiger partial charge in [-0.25, -0.2) is 0 Å². The molecule has 8 aromatic rings. The largest absolute Gasteiger partial charge is 0.508 e. The molecule has 3 heterocycles. The van der Waals surface area contributed by atoms with Gasteiger partial charge in [0, 0.05) is 41.2 Å². The Balaban J connectivity index is 1.16. The number of phenols is 10. The van der Waals surface area contributed by atoms with Crippen LogP contribution in [0.2, 0.25) is 0 Å². The number of benzene rings is 8. The molecule has 0 spiro atoms. The molecule has 0 bridgehead atoms. The highest BCUT2D eigenvalue weighted by molar-refractivity contribution is 5.64. The van der Waals surface area contributed by atoms with E-state index in [9.17, 15) is 51.1 Å². The molecule has 3 aliphatic rings. The third-order valence-corrected chi connectivity index (χ3v) is 13.6. The van der Waals surface area contributed by atoms with Crippen LogP contribution in [0, 0.1) is 0 Å². The minimum atomic E-state index is -0.845. The lowest BCUT2D eigenvalue weighted by molar-refractivity contribution is 0.0366. The summed E-state index contributed by atoms with van der Waals surface area (Å²) in [6, 6.07) is 41.3. The molecule has 13 heteroatoms. The van der Waals surface area contributed by atoms with Crippen molar-refractivity contribution in [1.29, 1.82) is 0 Å². The number of rotatable bonds is 8. The van der Waals surface area contributed by atoms with E-state index in [1.54, 1.807) is 97.1 Å². The number of phenolic OH excluding ortho intramolecular Hbond substituents is 10. The van der Waals surface area contributed by atoms with Gasteiger partial charge < -0.3 is 65.3 Å². The Morgan fingerprint density at radius 3 is 1.19 bits per heavy atom. The van der Waals surface area contributed by atoms with Crippen LogP contribution in [0.15, 0.2) is 158 Å². The zero-order chi connectivity index (χ0) is 47.8. The summed E-state index contributed by atoms with van der Waals surface area (Å²) in [6.45, 7) is 0. The highest BCUT2D eigenvalue weighted by Gasteiger charge is 2.51. The van der Waals surface area contributed by atoms with Crippen LogP contribution >= 0.6 is 0 Å². The second kappa shape index (κ2) is 16.6. The number of fused-ring (bicyclic) bond motifs is 2. The monoisotopic (exact) mass is 924 g/mol. The van der Waals surface area contributed by atoms with Gasteiger partial charge in [0.2, 0.25) is 0 Å². The average Bonchev–Trinajstić information content (AvgIpc) is 4.02. The van der Waals surface area contributed by atoms with Crippen molar-refractivity contribution in [2.75, 3.05) is 0 Å². The van der Waals surface area contributed by atoms with E-state index >= 15 is 0 Å². The summed E-state index contributed by atoms with van der Waals surface area (Å²) in [4.78, 5) is 0. The molecule has 0 unspecified atom stereocenters. The molecule has 10 N–H and O–H groups in total. The van der Waals surface area contributed by atoms with Crippen LogP contribution in [0.3, 0.4) is 0 Å². The van der Waals surface area contributed by atoms with Crippen molar-refractivity contribution in [2.24, 2.45) is 0 Å². The van der Waals surface area contributed by atoms with E-state index in [1.807, 2.05) is 6.07 Å². The number of hydrogen-bond donors (Lipinski definition) is 10. The first kappa shape index (κ1) is 42.9. The van der Waals surface area contributed by atoms with Crippen LogP contribution in [0.1, 0.15) is 104 Å². The van der Waals surface area contributed by atoms with Crippen LogP contribution in [0.5, 0.6) is 69.0 Å². The lowest BCUT2D eigenvalue weighted by Crippen LogP contribution is -2.18. The van der Waals surface area contributed by atoms with E-state index in [1.165, 1.54) is 54.6 Å². The molecular weight excluding hydrogens is 881 g/mol. The molecule has 69 heavy (non-hydrogen) atoms. The number of aromatic hydroxyl groups is 10. The Kier molecular flexibility index (Phi) is 10.3. The standard InChI is InChI=1S/C56H44O13/c57-34-9-1-27(2-10-34)52-47(31-17-38(61)23-39(62)18-31)44-21-33(22-45(66)56(44)69-52)48-50-43(25-42(65)26-46(50)67-53(48)28-3-11-35(58)12-4-28)51-49(32-19-40(63)24-41(64)20-32)54(29-5-13-36(59)14-6-29)68-55(51)30-7-15-37(60)16-8-30/h1-26,47-49,51-55,57-66H/t47-,48+,49+,51-,52+,53-,54-,55+/m1/s1. The molecule has 8 aromatic carbocycles. The van der Waals surface area contributed by atoms with Crippen LogP contribution in [0.4, 0.5) is 0 Å². The Hall–Kier alpha value is -8.68. The molecule has 346 valence electrons. The third-order valence-electron chi connectivity index (χ3n) is 13.6. The molecular formula is C56H44O13. The highest BCUT2D eigenvalue weighted by Crippen LogP contribution is 2.64. The summed E-state index contributed by atoms with van der Waals surface area (Å²) in [6.07, 6.45) is -3.26. The van der Waals surface area contributed by atoms with E-state index in [2.05, 4.69) is 0 Å². The first-order valence-corrected chi connectivity index (χ1v) is 22.2. The molecule has 0 radical (unpaired) electrons. The maximum absolute atomic E-state index is 12.2. The van der Waals surface area contributed by atoms with Crippen molar-refractivity contribution in [3.05, 3.63) is 213 Å². The summed E-state index contributed by atoms with van der Waals surface area (Å²) in [5.41, 5.74) is 5.77. The van der Waals surface area contributed by atoms with Crippen LogP contribution in [-0.4, -0.2) is 51.1 Å². The molecule has 0 saturated carbocycles. The quantitative estimate of drug-likeness (QED) is 0.0685. The zero-order valence-corrected chi connectivity index (χ0v) is 36.3. The molecule has 1 fully saturated rings. The number of hydrogen-bond acceptors (Lipinski definition) is 13. The van der Waals surface area contributed by atoms with E-state index in [0.717, 1.165) is 0 Å². The summed E-state index contributed by atoms with van der Waals surface area (Å²) in [5, 5.41) is 109.